The van der Waals surface area contributed by atoms with Gasteiger partial charge in [0.15, 0.2) is 5.78 Å². The molecule has 0 radical (unpaired) electrons. The Morgan fingerprint density at radius 2 is 1.79 bits per heavy atom. The molecule has 5 nitrogen and oxygen atoms in total. The van der Waals surface area contributed by atoms with Gasteiger partial charge in [0.1, 0.15) is 11.5 Å². The van der Waals surface area contributed by atoms with Crippen LogP contribution in [-0.4, -0.2) is 26.3 Å². The highest BCUT2D eigenvalue weighted by Crippen LogP contribution is 2.21. The molecule has 1 atom stereocenters. The fraction of sp³-hybridized carbons (Fsp3) is 0.214. The third-order valence-electron chi connectivity index (χ3n) is 5.85. The van der Waals surface area contributed by atoms with Crippen LogP contribution in [0.2, 0.25) is 5.02 Å². The van der Waals surface area contributed by atoms with Gasteiger partial charge < -0.3 is 0 Å². The molecule has 0 bridgehead atoms. The zero-order valence-corrected chi connectivity index (χ0v) is 20.0. The van der Waals surface area contributed by atoms with E-state index < -0.39 is 0 Å². The molecule has 4 rings (SSSR count). The molecule has 0 saturated carbocycles. The third-order valence-corrected chi connectivity index (χ3v) is 6.08. The van der Waals surface area contributed by atoms with Gasteiger partial charge >= 0.3 is 0 Å². The molecule has 0 aliphatic heterocycles. The van der Waals surface area contributed by atoms with Crippen molar-refractivity contribution in [3.63, 3.8) is 0 Å². The highest BCUT2D eigenvalue weighted by atomic mass is 35.5. The van der Waals surface area contributed by atoms with Gasteiger partial charge in [0.2, 0.25) is 0 Å². The summed E-state index contributed by atoms with van der Waals surface area (Å²) < 4.78 is 1.84. The molecule has 2 aromatic carbocycles. The van der Waals surface area contributed by atoms with E-state index in [1.807, 2.05) is 85.3 Å². The number of Topliss-reactive ketones (excluding diaryl/α,β-unsaturated/α-hetero) is 2. The molecule has 0 N–H and O–H groups in total. The Bertz CT molecular complexity index is 1300. The second-order valence-electron chi connectivity index (χ2n) is 8.42. The van der Waals surface area contributed by atoms with Crippen molar-refractivity contribution in [2.75, 3.05) is 0 Å². The minimum atomic E-state index is -0.311. The largest absolute Gasteiger partial charge is 0.299 e. The van der Waals surface area contributed by atoms with Crippen LogP contribution in [0, 0.1) is 6.92 Å². The number of hydrogen-bond acceptors (Lipinski definition) is 4. The fourth-order valence-corrected chi connectivity index (χ4v) is 4.10. The number of aryl methyl sites for hydroxylation is 2. The van der Waals surface area contributed by atoms with E-state index >= 15 is 0 Å². The number of ketones is 2. The molecule has 0 amide bonds. The van der Waals surface area contributed by atoms with Crippen LogP contribution in [0.15, 0.2) is 79.0 Å². The highest BCUT2D eigenvalue weighted by Gasteiger charge is 2.18. The molecule has 2 aromatic heterocycles. The summed E-state index contributed by atoms with van der Waals surface area (Å²) in [5, 5.41) is 5.20. The molecule has 1 unspecified atom stereocenters. The number of nitrogens with zero attached hydrogens (tertiary/aromatic N) is 3. The first-order valence-corrected chi connectivity index (χ1v) is 11.7. The fourth-order valence-electron chi connectivity index (χ4n) is 3.91. The van der Waals surface area contributed by atoms with Crippen LogP contribution in [0.5, 0.6) is 0 Å². The summed E-state index contributed by atoms with van der Waals surface area (Å²) in [7, 11) is 0. The predicted molar refractivity (Wildman–Crippen MR) is 134 cm³/mol. The number of aromatic nitrogens is 3. The van der Waals surface area contributed by atoms with E-state index in [9.17, 15) is 9.59 Å². The number of benzene rings is 2. The number of carbonyl (C=O) groups is 2. The Labute approximate surface area is 204 Å². The van der Waals surface area contributed by atoms with E-state index in [1.165, 1.54) is 0 Å². The van der Waals surface area contributed by atoms with Crippen molar-refractivity contribution >= 4 is 23.2 Å². The molecule has 0 saturated heterocycles. The van der Waals surface area contributed by atoms with Gasteiger partial charge in [0, 0.05) is 35.7 Å². The minimum Gasteiger partial charge on any atom is -0.299 e. The first kappa shape index (κ1) is 23.6. The lowest BCUT2D eigenvalue weighted by Gasteiger charge is -2.12. The van der Waals surface area contributed by atoms with Crippen LogP contribution in [0.3, 0.4) is 0 Å². The molecule has 0 aliphatic rings. The van der Waals surface area contributed by atoms with E-state index in [0.29, 0.717) is 30.0 Å². The summed E-state index contributed by atoms with van der Waals surface area (Å²) in [6, 6.07) is 22.6. The number of carbonyl (C=O) groups excluding carboxylic acids is 2. The van der Waals surface area contributed by atoms with Crippen molar-refractivity contribution in [1.29, 1.82) is 0 Å². The second-order valence-corrected chi connectivity index (χ2v) is 8.86. The summed E-state index contributed by atoms with van der Waals surface area (Å²) in [4.78, 5) is 29.8. The van der Waals surface area contributed by atoms with E-state index in [4.69, 9.17) is 11.6 Å². The molecule has 0 fully saturated rings. The predicted octanol–water partition coefficient (Wildman–Crippen LogP) is 5.96. The first-order chi connectivity index (χ1) is 16.4. The van der Waals surface area contributed by atoms with Crippen LogP contribution < -0.4 is 0 Å². The maximum atomic E-state index is 12.9. The Hall–Kier alpha value is -3.57. The highest BCUT2D eigenvalue weighted by molar-refractivity contribution is 6.30. The molecule has 6 heteroatoms. The topological polar surface area (TPSA) is 64.8 Å². The second kappa shape index (κ2) is 10.6. The average Bonchev–Trinajstić information content (AvgIpc) is 3.23. The SMILES string of the molecule is Cc1cc(CCC(=O)C(C)c2ccc(C(=O)Cc3ccccc3)nc2)n(-c2cccc(Cl)c2)n1. The summed E-state index contributed by atoms with van der Waals surface area (Å²) in [5.41, 5.74) is 4.88. The smallest absolute Gasteiger partial charge is 0.185 e. The maximum absolute atomic E-state index is 12.9. The Morgan fingerprint density at radius 3 is 2.50 bits per heavy atom. The molecule has 0 aliphatic carbocycles. The maximum Gasteiger partial charge on any atom is 0.185 e. The summed E-state index contributed by atoms with van der Waals surface area (Å²) >= 11 is 6.14. The van der Waals surface area contributed by atoms with Crippen LogP contribution in [0.1, 0.15) is 52.3 Å². The molecular formula is C28H26ClN3O2. The monoisotopic (exact) mass is 471 g/mol. The van der Waals surface area contributed by atoms with Gasteiger partial charge in [-0.2, -0.15) is 5.10 Å². The third kappa shape index (κ3) is 5.67. The van der Waals surface area contributed by atoms with Gasteiger partial charge in [0.05, 0.1) is 11.4 Å². The lowest BCUT2D eigenvalue weighted by molar-refractivity contribution is -0.120. The number of hydrogen-bond donors (Lipinski definition) is 0. The van der Waals surface area contributed by atoms with E-state index in [2.05, 4.69) is 10.1 Å². The zero-order valence-electron chi connectivity index (χ0n) is 19.2. The Balaban J connectivity index is 1.39. The normalized spacial score (nSPS) is 11.9. The van der Waals surface area contributed by atoms with Crippen molar-refractivity contribution in [2.45, 2.75) is 39.0 Å². The van der Waals surface area contributed by atoms with Gasteiger partial charge in [-0.1, -0.05) is 61.0 Å². The lowest BCUT2D eigenvalue weighted by atomic mass is 9.94. The molecule has 4 aromatic rings. The van der Waals surface area contributed by atoms with Crippen LogP contribution in [-0.2, 0) is 17.6 Å². The van der Waals surface area contributed by atoms with E-state index in [-0.39, 0.29) is 17.5 Å². The van der Waals surface area contributed by atoms with Gasteiger partial charge in [-0.3, -0.25) is 14.6 Å². The molecule has 34 heavy (non-hydrogen) atoms. The van der Waals surface area contributed by atoms with Crippen molar-refractivity contribution in [1.82, 2.24) is 14.8 Å². The van der Waals surface area contributed by atoms with Crippen LogP contribution >= 0.6 is 11.6 Å². The van der Waals surface area contributed by atoms with Crippen LogP contribution in [0.4, 0.5) is 0 Å². The van der Waals surface area contributed by atoms with Gasteiger partial charge in [-0.05, 0) is 54.8 Å². The van der Waals surface area contributed by atoms with Crippen molar-refractivity contribution in [3.8, 4) is 5.69 Å². The molecule has 0 spiro atoms. The van der Waals surface area contributed by atoms with E-state index in [1.54, 1.807) is 12.3 Å². The van der Waals surface area contributed by atoms with Gasteiger partial charge in [-0.15, -0.1) is 0 Å². The molecular weight excluding hydrogens is 446 g/mol. The number of rotatable bonds is 9. The Kier molecular flexibility index (Phi) is 7.33. The number of pyridine rings is 1. The standard InChI is InChI=1S/C28H26ClN3O2/c1-19-15-25(32(31-19)24-10-6-9-23(29)17-24)12-14-27(33)20(2)22-11-13-26(30-18-22)28(34)16-21-7-4-3-5-8-21/h3-11,13,15,17-18,20H,12,14,16H2,1-2H3. The van der Waals surface area contributed by atoms with Crippen molar-refractivity contribution in [3.05, 3.63) is 112 Å². The Morgan fingerprint density at radius 1 is 1.00 bits per heavy atom. The van der Waals surface area contributed by atoms with Gasteiger partial charge in [0.25, 0.3) is 0 Å². The molecule has 172 valence electrons. The quantitative estimate of drug-likeness (QED) is 0.282. The average molecular weight is 472 g/mol. The molecule has 2 heterocycles. The lowest BCUT2D eigenvalue weighted by Crippen LogP contribution is -2.13. The minimum absolute atomic E-state index is 0.0404. The summed E-state index contributed by atoms with van der Waals surface area (Å²) in [6.45, 7) is 3.81. The van der Waals surface area contributed by atoms with Gasteiger partial charge in [-0.25, -0.2) is 4.68 Å². The van der Waals surface area contributed by atoms with E-state index in [0.717, 1.165) is 28.2 Å². The summed E-state index contributed by atoms with van der Waals surface area (Å²) in [5.74, 6) is -0.238. The first-order valence-electron chi connectivity index (χ1n) is 11.3. The number of halogens is 1. The van der Waals surface area contributed by atoms with Crippen LogP contribution in [0.25, 0.3) is 5.69 Å². The summed E-state index contributed by atoms with van der Waals surface area (Å²) in [6.07, 6.45) is 2.89. The van der Waals surface area contributed by atoms with Crippen molar-refractivity contribution in [2.24, 2.45) is 0 Å². The van der Waals surface area contributed by atoms with Crippen molar-refractivity contribution < 1.29 is 9.59 Å². The zero-order chi connectivity index (χ0) is 24.1.